The first-order valence-electron chi connectivity index (χ1n) is 8.81. The Bertz CT molecular complexity index is 710. The van der Waals surface area contributed by atoms with Crippen LogP contribution in [0.2, 0.25) is 0 Å². The molecule has 1 saturated heterocycles. The Morgan fingerprint density at radius 1 is 1.08 bits per heavy atom. The molecular formula is C21H26N2O2. The minimum Gasteiger partial charge on any atom is -0.368 e. The van der Waals surface area contributed by atoms with Gasteiger partial charge in [0.1, 0.15) is 0 Å². The van der Waals surface area contributed by atoms with Gasteiger partial charge in [-0.2, -0.15) is 0 Å². The highest BCUT2D eigenvalue weighted by atomic mass is 16.5. The summed E-state index contributed by atoms with van der Waals surface area (Å²) >= 11 is 0. The zero-order valence-corrected chi connectivity index (χ0v) is 15.2. The number of rotatable bonds is 4. The minimum atomic E-state index is 0.0120. The first kappa shape index (κ1) is 17.6. The Kier molecular flexibility index (Phi) is 5.51. The number of nitrogens with one attached hydrogen (secondary N) is 1. The van der Waals surface area contributed by atoms with Crippen molar-refractivity contribution in [2.45, 2.75) is 33.0 Å². The van der Waals surface area contributed by atoms with Crippen LogP contribution in [0.4, 0.5) is 5.69 Å². The lowest BCUT2D eigenvalue weighted by atomic mass is 10.1. The molecule has 1 N–H and O–H groups in total. The van der Waals surface area contributed by atoms with Gasteiger partial charge >= 0.3 is 0 Å². The normalized spacial score (nSPS) is 21.1. The number of aryl methyl sites for hydroxylation is 2. The van der Waals surface area contributed by atoms with Crippen LogP contribution in [0.25, 0.3) is 0 Å². The quantitative estimate of drug-likeness (QED) is 0.924. The van der Waals surface area contributed by atoms with Gasteiger partial charge in [0, 0.05) is 18.8 Å². The SMILES string of the molecule is Cc1cccc(C)c1NC(=O)CN1C[C@@H](C)O[C@@H](c2ccccc2)C1. The summed E-state index contributed by atoms with van der Waals surface area (Å²) in [5, 5.41) is 3.07. The number of morpholine rings is 1. The lowest BCUT2D eigenvalue weighted by molar-refractivity contribution is -0.122. The van der Waals surface area contributed by atoms with Gasteiger partial charge in [-0.1, -0.05) is 48.5 Å². The van der Waals surface area contributed by atoms with E-state index in [-0.39, 0.29) is 18.1 Å². The molecule has 132 valence electrons. The van der Waals surface area contributed by atoms with E-state index in [0.717, 1.165) is 35.5 Å². The topological polar surface area (TPSA) is 41.6 Å². The smallest absolute Gasteiger partial charge is 0.238 e. The number of hydrogen-bond acceptors (Lipinski definition) is 3. The Morgan fingerprint density at radius 3 is 2.44 bits per heavy atom. The second-order valence-corrected chi connectivity index (χ2v) is 6.86. The first-order chi connectivity index (χ1) is 12.0. The van der Waals surface area contributed by atoms with E-state index >= 15 is 0 Å². The van der Waals surface area contributed by atoms with E-state index in [2.05, 4.69) is 29.3 Å². The summed E-state index contributed by atoms with van der Waals surface area (Å²) in [6.45, 7) is 7.98. The van der Waals surface area contributed by atoms with Crippen LogP contribution >= 0.6 is 0 Å². The molecule has 25 heavy (non-hydrogen) atoms. The number of carbonyl (C=O) groups is 1. The average Bonchev–Trinajstić information content (AvgIpc) is 2.58. The van der Waals surface area contributed by atoms with Gasteiger partial charge in [-0.15, -0.1) is 0 Å². The molecule has 2 aromatic rings. The van der Waals surface area contributed by atoms with E-state index in [1.54, 1.807) is 0 Å². The van der Waals surface area contributed by atoms with Gasteiger partial charge in [0.25, 0.3) is 0 Å². The Labute approximate surface area is 149 Å². The largest absolute Gasteiger partial charge is 0.368 e. The van der Waals surface area contributed by atoms with Crippen LogP contribution in [0.5, 0.6) is 0 Å². The molecule has 0 unspecified atom stereocenters. The Hall–Kier alpha value is -2.17. The summed E-state index contributed by atoms with van der Waals surface area (Å²) in [6, 6.07) is 16.3. The van der Waals surface area contributed by atoms with Crippen molar-refractivity contribution < 1.29 is 9.53 Å². The van der Waals surface area contributed by atoms with E-state index in [0.29, 0.717) is 6.54 Å². The van der Waals surface area contributed by atoms with E-state index in [4.69, 9.17) is 4.74 Å². The van der Waals surface area contributed by atoms with E-state index < -0.39 is 0 Å². The van der Waals surface area contributed by atoms with Crippen molar-refractivity contribution in [2.24, 2.45) is 0 Å². The molecule has 0 saturated carbocycles. The number of ether oxygens (including phenoxy) is 1. The average molecular weight is 338 g/mol. The van der Waals surface area contributed by atoms with Crippen LogP contribution in [0.3, 0.4) is 0 Å². The molecule has 2 atom stereocenters. The lowest BCUT2D eigenvalue weighted by Gasteiger charge is -2.36. The molecule has 2 aromatic carbocycles. The zero-order valence-electron chi connectivity index (χ0n) is 15.2. The van der Waals surface area contributed by atoms with Crippen molar-refractivity contribution in [1.82, 2.24) is 4.90 Å². The van der Waals surface area contributed by atoms with Gasteiger partial charge in [-0.25, -0.2) is 0 Å². The van der Waals surface area contributed by atoms with Crippen LogP contribution in [0, 0.1) is 13.8 Å². The van der Waals surface area contributed by atoms with Gasteiger partial charge in [0.05, 0.1) is 18.8 Å². The van der Waals surface area contributed by atoms with Crippen molar-refractivity contribution >= 4 is 11.6 Å². The van der Waals surface area contributed by atoms with Crippen LogP contribution in [0.1, 0.15) is 29.7 Å². The second kappa shape index (κ2) is 7.81. The van der Waals surface area contributed by atoms with Crippen molar-refractivity contribution in [3.05, 3.63) is 65.2 Å². The summed E-state index contributed by atoms with van der Waals surface area (Å²) < 4.78 is 6.07. The van der Waals surface area contributed by atoms with Gasteiger partial charge in [-0.3, -0.25) is 9.69 Å². The number of nitrogens with zero attached hydrogens (tertiary/aromatic N) is 1. The third kappa shape index (κ3) is 4.47. The summed E-state index contributed by atoms with van der Waals surface area (Å²) in [6.07, 6.45) is 0.116. The predicted molar refractivity (Wildman–Crippen MR) is 101 cm³/mol. The maximum atomic E-state index is 12.5. The molecule has 3 rings (SSSR count). The fraction of sp³-hybridized carbons (Fsp3) is 0.381. The number of para-hydroxylation sites is 1. The van der Waals surface area contributed by atoms with Crippen LogP contribution in [-0.2, 0) is 9.53 Å². The third-order valence-corrected chi connectivity index (χ3v) is 4.62. The molecular weight excluding hydrogens is 312 g/mol. The second-order valence-electron chi connectivity index (χ2n) is 6.86. The molecule has 0 spiro atoms. The molecule has 1 heterocycles. The molecule has 1 amide bonds. The van der Waals surface area contributed by atoms with Crippen molar-refractivity contribution in [3.63, 3.8) is 0 Å². The molecule has 1 aliphatic heterocycles. The Balaban J connectivity index is 1.64. The highest BCUT2D eigenvalue weighted by Crippen LogP contribution is 2.25. The zero-order chi connectivity index (χ0) is 17.8. The number of benzene rings is 2. The Morgan fingerprint density at radius 2 is 1.76 bits per heavy atom. The van der Waals surface area contributed by atoms with E-state index in [1.165, 1.54) is 0 Å². The van der Waals surface area contributed by atoms with Crippen molar-refractivity contribution in [3.8, 4) is 0 Å². The highest BCUT2D eigenvalue weighted by molar-refractivity contribution is 5.93. The predicted octanol–water partition coefficient (Wildman–Crippen LogP) is 3.70. The van der Waals surface area contributed by atoms with Crippen LogP contribution in [-0.4, -0.2) is 36.5 Å². The van der Waals surface area contributed by atoms with Gasteiger partial charge < -0.3 is 10.1 Å². The molecule has 1 fully saturated rings. The molecule has 0 aliphatic carbocycles. The van der Waals surface area contributed by atoms with Gasteiger partial charge in [0.2, 0.25) is 5.91 Å². The number of amides is 1. The minimum absolute atomic E-state index is 0.0120. The van der Waals surface area contributed by atoms with Gasteiger partial charge in [-0.05, 0) is 37.5 Å². The lowest BCUT2D eigenvalue weighted by Crippen LogP contribution is -2.46. The third-order valence-electron chi connectivity index (χ3n) is 4.62. The summed E-state index contributed by atoms with van der Waals surface area (Å²) in [7, 11) is 0. The number of anilines is 1. The molecule has 0 aromatic heterocycles. The number of carbonyl (C=O) groups excluding carboxylic acids is 1. The number of hydrogen-bond donors (Lipinski definition) is 1. The maximum absolute atomic E-state index is 12.5. The maximum Gasteiger partial charge on any atom is 0.238 e. The highest BCUT2D eigenvalue weighted by Gasteiger charge is 2.27. The summed E-state index contributed by atoms with van der Waals surface area (Å²) in [5.41, 5.74) is 4.26. The molecule has 4 heteroatoms. The fourth-order valence-electron chi connectivity index (χ4n) is 3.41. The van der Waals surface area contributed by atoms with E-state index in [9.17, 15) is 4.79 Å². The molecule has 1 aliphatic rings. The molecule has 0 bridgehead atoms. The van der Waals surface area contributed by atoms with Crippen LogP contribution < -0.4 is 5.32 Å². The summed E-state index contributed by atoms with van der Waals surface area (Å²) in [5.74, 6) is 0.0262. The monoisotopic (exact) mass is 338 g/mol. The van der Waals surface area contributed by atoms with Crippen molar-refractivity contribution in [2.75, 3.05) is 25.0 Å². The standard InChI is InChI=1S/C21H26N2O2/c1-15-8-7-9-16(2)21(15)22-20(24)14-23-12-17(3)25-19(13-23)18-10-5-4-6-11-18/h4-11,17,19H,12-14H2,1-3H3,(H,22,24)/t17-,19-/m1/s1. The molecule has 4 nitrogen and oxygen atoms in total. The first-order valence-corrected chi connectivity index (χ1v) is 8.81. The summed E-state index contributed by atoms with van der Waals surface area (Å²) in [4.78, 5) is 14.7. The fourth-order valence-corrected chi connectivity index (χ4v) is 3.41. The van der Waals surface area contributed by atoms with Gasteiger partial charge in [0.15, 0.2) is 0 Å². The molecule has 0 radical (unpaired) electrons. The van der Waals surface area contributed by atoms with Crippen molar-refractivity contribution in [1.29, 1.82) is 0 Å². The van der Waals surface area contributed by atoms with E-state index in [1.807, 2.05) is 50.2 Å². The van der Waals surface area contributed by atoms with Crippen LogP contribution in [0.15, 0.2) is 48.5 Å².